The van der Waals surface area contributed by atoms with Crippen LogP contribution < -0.4 is 0 Å². The van der Waals surface area contributed by atoms with Crippen molar-refractivity contribution >= 4 is 11.9 Å². The standard InChI is InChI=1S/C15H18FNO3/c1-20-15(19)12-5-7-17(8-6-12)14(18)10-11-3-2-4-13(16)9-11/h2-4,9,12H,5-8,10H2,1H3. The number of nitrogens with zero attached hydrogens (tertiary/aromatic N) is 1. The predicted molar refractivity (Wildman–Crippen MR) is 71.4 cm³/mol. The van der Waals surface area contributed by atoms with Gasteiger partial charge in [0.05, 0.1) is 19.4 Å². The van der Waals surface area contributed by atoms with E-state index in [1.54, 1.807) is 17.0 Å². The molecule has 1 aliphatic rings. The highest BCUT2D eigenvalue weighted by molar-refractivity contribution is 5.79. The van der Waals surface area contributed by atoms with Gasteiger partial charge in [-0.2, -0.15) is 0 Å². The molecule has 1 aromatic carbocycles. The molecule has 2 rings (SSSR count). The molecule has 1 aromatic rings. The molecular formula is C15H18FNO3. The van der Waals surface area contributed by atoms with E-state index in [1.807, 2.05) is 0 Å². The Bertz CT molecular complexity index is 496. The second-order valence-corrected chi connectivity index (χ2v) is 4.98. The highest BCUT2D eigenvalue weighted by atomic mass is 19.1. The number of ether oxygens (including phenoxy) is 1. The molecule has 1 aliphatic heterocycles. The van der Waals surface area contributed by atoms with Crippen LogP contribution >= 0.6 is 0 Å². The average molecular weight is 279 g/mol. The summed E-state index contributed by atoms with van der Waals surface area (Å²) in [5.74, 6) is -0.681. The monoisotopic (exact) mass is 279 g/mol. The molecule has 1 saturated heterocycles. The van der Waals surface area contributed by atoms with Crippen LogP contribution in [0.25, 0.3) is 0 Å². The molecule has 1 amide bonds. The molecule has 5 heteroatoms. The van der Waals surface area contributed by atoms with Crippen LogP contribution in [0.15, 0.2) is 24.3 Å². The highest BCUT2D eigenvalue weighted by Crippen LogP contribution is 2.19. The van der Waals surface area contributed by atoms with Gasteiger partial charge in [-0.3, -0.25) is 9.59 Å². The zero-order valence-electron chi connectivity index (χ0n) is 11.5. The molecule has 0 spiro atoms. The average Bonchev–Trinajstić information content (AvgIpc) is 2.46. The van der Waals surface area contributed by atoms with Gasteiger partial charge in [-0.15, -0.1) is 0 Å². The number of benzene rings is 1. The molecule has 0 bridgehead atoms. The van der Waals surface area contributed by atoms with E-state index in [1.165, 1.54) is 19.2 Å². The summed E-state index contributed by atoms with van der Waals surface area (Å²) in [7, 11) is 1.38. The first-order valence-electron chi connectivity index (χ1n) is 6.70. The Morgan fingerprint density at radius 3 is 2.65 bits per heavy atom. The third kappa shape index (κ3) is 3.56. The molecule has 0 aromatic heterocycles. The van der Waals surface area contributed by atoms with Gasteiger partial charge in [0.2, 0.25) is 5.91 Å². The van der Waals surface area contributed by atoms with Crippen molar-refractivity contribution in [3.05, 3.63) is 35.6 Å². The van der Waals surface area contributed by atoms with Crippen LogP contribution in [-0.2, 0) is 20.7 Å². The third-order valence-corrected chi connectivity index (χ3v) is 3.63. The molecule has 1 fully saturated rings. The second-order valence-electron chi connectivity index (χ2n) is 4.98. The number of esters is 1. The minimum atomic E-state index is -0.334. The number of carbonyl (C=O) groups excluding carboxylic acids is 2. The van der Waals surface area contributed by atoms with Crippen molar-refractivity contribution in [3.63, 3.8) is 0 Å². The number of hydrogen-bond donors (Lipinski definition) is 0. The summed E-state index contributed by atoms with van der Waals surface area (Å²) in [5, 5.41) is 0. The number of halogens is 1. The van der Waals surface area contributed by atoms with E-state index in [0.29, 0.717) is 31.5 Å². The fraction of sp³-hybridized carbons (Fsp3) is 0.467. The molecular weight excluding hydrogens is 261 g/mol. The third-order valence-electron chi connectivity index (χ3n) is 3.63. The van der Waals surface area contributed by atoms with Crippen LogP contribution in [0.2, 0.25) is 0 Å². The summed E-state index contributed by atoms with van der Waals surface area (Å²) < 4.78 is 17.8. The summed E-state index contributed by atoms with van der Waals surface area (Å²) in [6.45, 7) is 1.10. The number of methoxy groups -OCH3 is 1. The Morgan fingerprint density at radius 1 is 1.35 bits per heavy atom. The lowest BCUT2D eigenvalue weighted by atomic mass is 9.96. The van der Waals surface area contributed by atoms with Crippen molar-refractivity contribution in [1.29, 1.82) is 0 Å². The van der Waals surface area contributed by atoms with Gasteiger partial charge in [0.1, 0.15) is 5.82 Å². The number of rotatable bonds is 3. The maximum absolute atomic E-state index is 13.1. The summed E-state index contributed by atoms with van der Waals surface area (Å²) in [6.07, 6.45) is 1.45. The Kier molecular flexibility index (Phi) is 4.71. The minimum absolute atomic E-state index is 0.0288. The maximum atomic E-state index is 13.1. The highest BCUT2D eigenvalue weighted by Gasteiger charge is 2.27. The minimum Gasteiger partial charge on any atom is -0.469 e. The second kappa shape index (κ2) is 6.50. The van der Waals surface area contributed by atoms with Crippen molar-refractivity contribution in [2.24, 2.45) is 5.92 Å². The Hall–Kier alpha value is -1.91. The van der Waals surface area contributed by atoms with Crippen LogP contribution in [0.1, 0.15) is 18.4 Å². The largest absolute Gasteiger partial charge is 0.469 e. The SMILES string of the molecule is COC(=O)C1CCN(C(=O)Cc2cccc(F)c2)CC1. The van der Waals surface area contributed by atoms with Gasteiger partial charge in [-0.25, -0.2) is 4.39 Å². The number of amides is 1. The Morgan fingerprint density at radius 2 is 2.05 bits per heavy atom. The van der Waals surface area contributed by atoms with Gasteiger partial charge in [-0.05, 0) is 30.5 Å². The van der Waals surface area contributed by atoms with Crippen LogP contribution in [0.3, 0.4) is 0 Å². The Balaban J connectivity index is 1.87. The predicted octanol–water partition coefficient (Wildman–Crippen LogP) is 1.78. The molecule has 108 valence electrons. The summed E-state index contributed by atoms with van der Waals surface area (Å²) in [6, 6.07) is 6.07. The van der Waals surface area contributed by atoms with Crippen molar-refractivity contribution in [3.8, 4) is 0 Å². The normalized spacial score (nSPS) is 16.0. The number of hydrogen-bond acceptors (Lipinski definition) is 3. The topological polar surface area (TPSA) is 46.6 Å². The van der Waals surface area contributed by atoms with E-state index in [-0.39, 0.29) is 30.0 Å². The number of carbonyl (C=O) groups is 2. The number of piperidine rings is 1. The number of likely N-dealkylation sites (tertiary alicyclic amines) is 1. The van der Waals surface area contributed by atoms with Crippen molar-refractivity contribution in [2.75, 3.05) is 20.2 Å². The molecule has 20 heavy (non-hydrogen) atoms. The maximum Gasteiger partial charge on any atom is 0.308 e. The van der Waals surface area contributed by atoms with Crippen molar-refractivity contribution < 1.29 is 18.7 Å². The van der Waals surface area contributed by atoms with Crippen molar-refractivity contribution in [2.45, 2.75) is 19.3 Å². The summed E-state index contributed by atoms with van der Waals surface area (Å²) >= 11 is 0. The first-order chi connectivity index (χ1) is 9.60. The molecule has 0 atom stereocenters. The van der Waals surface area contributed by atoms with Crippen LogP contribution in [0.5, 0.6) is 0 Å². The van der Waals surface area contributed by atoms with E-state index in [0.717, 1.165) is 0 Å². The van der Waals surface area contributed by atoms with E-state index in [9.17, 15) is 14.0 Å². The molecule has 4 nitrogen and oxygen atoms in total. The van der Waals surface area contributed by atoms with Gasteiger partial charge in [0, 0.05) is 13.1 Å². The van der Waals surface area contributed by atoms with Crippen molar-refractivity contribution in [1.82, 2.24) is 4.90 Å². The van der Waals surface area contributed by atoms with Gasteiger partial charge in [0.15, 0.2) is 0 Å². The first kappa shape index (κ1) is 14.5. The van der Waals surface area contributed by atoms with Gasteiger partial charge >= 0.3 is 5.97 Å². The molecule has 1 heterocycles. The van der Waals surface area contributed by atoms with Gasteiger partial charge < -0.3 is 9.64 Å². The van der Waals surface area contributed by atoms with Gasteiger partial charge in [0.25, 0.3) is 0 Å². The fourth-order valence-corrected chi connectivity index (χ4v) is 2.46. The lowest BCUT2D eigenvalue weighted by Gasteiger charge is -2.30. The zero-order valence-corrected chi connectivity index (χ0v) is 11.5. The van der Waals surface area contributed by atoms with E-state index in [4.69, 9.17) is 4.74 Å². The lowest BCUT2D eigenvalue weighted by molar-refractivity contribution is -0.148. The molecule has 0 unspecified atom stereocenters. The quantitative estimate of drug-likeness (QED) is 0.792. The Labute approximate surface area is 117 Å². The van der Waals surface area contributed by atoms with Crippen LogP contribution in [0, 0.1) is 11.7 Å². The van der Waals surface area contributed by atoms with E-state index >= 15 is 0 Å². The summed E-state index contributed by atoms with van der Waals surface area (Å²) in [4.78, 5) is 25.2. The van der Waals surface area contributed by atoms with E-state index in [2.05, 4.69) is 0 Å². The molecule has 0 radical (unpaired) electrons. The van der Waals surface area contributed by atoms with Crippen LogP contribution in [0.4, 0.5) is 4.39 Å². The van der Waals surface area contributed by atoms with Crippen LogP contribution in [-0.4, -0.2) is 37.0 Å². The summed E-state index contributed by atoms with van der Waals surface area (Å²) in [5.41, 5.74) is 0.671. The molecule has 0 aliphatic carbocycles. The lowest BCUT2D eigenvalue weighted by Crippen LogP contribution is -2.41. The van der Waals surface area contributed by atoms with E-state index < -0.39 is 0 Å². The molecule has 0 saturated carbocycles. The fourth-order valence-electron chi connectivity index (χ4n) is 2.46. The zero-order chi connectivity index (χ0) is 14.5. The van der Waals surface area contributed by atoms with Gasteiger partial charge in [-0.1, -0.05) is 12.1 Å². The molecule has 0 N–H and O–H groups in total. The smallest absolute Gasteiger partial charge is 0.308 e. The first-order valence-corrected chi connectivity index (χ1v) is 6.70.